The number of aliphatic hydroxyl groups is 1. The van der Waals surface area contributed by atoms with Crippen molar-refractivity contribution in [1.82, 2.24) is 0 Å². The fourth-order valence-electron chi connectivity index (χ4n) is 3.35. The average molecular weight is 461 g/mol. The van der Waals surface area contributed by atoms with Crippen LogP contribution in [0.25, 0.3) is 5.57 Å². The molecular weight excluding hydrogens is 432 g/mol. The Kier molecular flexibility index (Phi) is 7.30. The normalized spacial score (nSPS) is 19.0. The second-order valence-electron chi connectivity index (χ2n) is 7.81. The molecule has 0 unspecified atom stereocenters. The third-order valence-electron chi connectivity index (χ3n) is 4.75. The molecule has 1 aromatic rings. The van der Waals surface area contributed by atoms with E-state index in [9.17, 15) is 9.90 Å². The minimum absolute atomic E-state index is 0.0617. The molecule has 1 aliphatic heterocycles. The van der Waals surface area contributed by atoms with Crippen LogP contribution in [0.4, 0.5) is 0 Å². The molecule has 0 aromatic heterocycles. The highest BCUT2D eigenvalue weighted by molar-refractivity contribution is 9.09. The van der Waals surface area contributed by atoms with Crippen LogP contribution in [-0.2, 0) is 16.0 Å². The van der Waals surface area contributed by atoms with E-state index in [4.69, 9.17) is 9.47 Å². The number of alkyl halides is 1. The minimum Gasteiger partial charge on any atom is -0.508 e. The molecule has 0 amide bonds. The molecule has 0 radical (unpaired) electrons. The van der Waals surface area contributed by atoms with Crippen molar-refractivity contribution in [3.05, 3.63) is 71.7 Å². The van der Waals surface area contributed by atoms with Gasteiger partial charge in [0.15, 0.2) is 5.78 Å². The molecule has 1 N–H and O–H groups in total. The van der Waals surface area contributed by atoms with Crippen LogP contribution in [0.1, 0.15) is 45.7 Å². The third kappa shape index (κ3) is 5.09. The van der Waals surface area contributed by atoms with Gasteiger partial charge >= 0.3 is 0 Å². The first-order valence-electron chi connectivity index (χ1n) is 9.62. The fourth-order valence-corrected chi connectivity index (χ4v) is 3.56. The molecule has 4 nitrogen and oxygen atoms in total. The van der Waals surface area contributed by atoms with Crippen LogP contribution in [0.5, 0.6) is 5.75 Å². The Morgan fingerprint density at radius 2 is 1.97 bits per heavy atom. The fraction of sp³-hybridized carbons (Fsp3) is 0.375. The van der Waals surface area contributed by atoms with Gasteiger partial charge in [0.05, 0.1) is 5.57 Å². The van der Waals surface area contributed by atoms with Crippen molar-refractivity contribution >= 4 is 27.3 Å². The van der Waals surface area contributed by atoms with E-state index >= 15 is 0 Å². The van der Waals surface area contributed by atoms with Gasteiger partial charge in [-0.05, 0) is 69.5 Å². The van der Waals surface area contributed by atoms with Crippen molar-refractivity contribution in [1.29, 1.82) is 0 Å². The SMILES string of the molecule is C=C/C(=C\C=C/CBr)Oc1ccc(CC)c(C2=C(O)C(C)(C)OC(C)(C)C2=O)c1. The maximum atomic E-state index is 13.2. The highest BCUT2D eigenvalue weighted by Gasteiger charge is 2.47. The van der Waals surface area contributed by atoms with Gasteiger partial charge in [-0.2, -0.15) is 0 Å². The monoisotopic (exact) mass is 460 g/mol. The summed E-state index contributed by atoms with van der Waals surface area (Å²) in [4.78, 5) is 13.2. The first-order valence-corrected chi connectivity index (χ1v) is 10.7. The van der Waals surface area contributed by atoms with Crippen molar-refractivity contribution < 1.29 is 19.4 Å². The number of rotatable bonds is 7. The molecule has 156 valence electrons. The Morgan fingerprint density at radius 3 is 2.55 bits per heavy atom. The summed E-state index contributed by atoms with van der Waals surface area (Å²) in [7, 11) is 0. The second kappa shape index (κ2) is 9.14. The third-order valence-corrected chi connectivity index (χ3v) is 5.12. The number of allylic oxidation sites excluding steroid dienone is 4. The number of carbonyl (C=O) groups excluding carboxylic acids is 1. The average Bonchev–Trinajstić information content (AvgIpc) is 2.66. The molecule has 0 aliphatic carbocycles. The van der Waals surface area contributed by atoms with Gasteiger partial charge in [0, 0.05) is 5.33 Å². The van der Waals surface area contributed by atoms with Crippen LogP contribution >= 0.6 is 15.9 Å². The van der Waals surface area contributed by atoms with Crippen LogP contribution in [-0.4, -0.2) is 27.4 Å². The van der Waals surface area contributed by atoms with E-state index in [1.54, 1.807) is 39.8 Å². The number of Topliss-reactive ketones (excluding diaryl/α,β-unsaturated/α-hetero) is 1. The number of ether oxygens (including phenoxy) is 2. The van der Waals surface area contributed by atoms with E-state index in [0.29, 0.717) is 23.5 Å². The van der Waals surface area contributed by atoms with Gasteiger partial charge in [-0.15, -0.1) is 0 Å². The van der Waals surface area contributed by atoms with Crippen LogP contribution in [0.3, 0.4) is 0 Å². The van der Waals surface area contributed by atoms with Gasteiger partial charge in [-0.25, -0.2) is 0 Å². The summed E-state index contributed by atoms with van der Waals surface area (Å²) < 4.78 is 11.8. The zero-order valence-corrected chi connectivity index (χ0v) is 19.3. The van der Waals surface area contributed by atoms with Crippen LogP contribution < -0.4 is 4.74 Å². The maximum absolute atomic E-state index is 13.2. The molecule has 29 heavy (non-hydrogen) atoms. The van der Waals surface area contributed by atoms with Crippen molar-refractivity contribution in [3.63, 3.8) is 0 Å². The molecule has 0 atom stereocenters. The lowest BCUT2D eigenvalue weighted by molar-refractivity contribution is -0.158. The van der Waals surface area contributed by atoms with E-state index in [-0.39, 0.29) is 17.1 Å². The molecule has 1 aromatic carbocycles. The highest BCUT2D eigenvalue weighted by Crippen LogP contribution is 2.41. The summed E-state index contributed by atoms with van der Waals surface area (Å²) in [6, 6.07) is 5.57. The molecule has 0 bridgehead atoms. The van der Waals surface area contributed by atoms with Gasteiger partial charge in [0.2, 0.25) is 0 Å². The number of hydrogen-bond donors (Lipinski definition) is 1. The Labute approximate surface area is 181 Å². The number of hydrogen-bond acceptors (Lipinski definition) is 4. The predicted octanol–water partition coefficient (Wildman–Crippen LogP) is 6.07. The predicted molar refractivity (Wildman–Crippen MR) is 121 cm³/mol. The van der Waals surface area contributed by atoms with Crippen LogP contribution in [0.2, 0.25) is 0 Å². The summed E-state index contributed by atoms with van der Waals surface area (Å²) in [5, 5.41) is 11.6. The Hall–Kier alpha value is -2.11. The van der Waals surface area contributed by atoms with Crippen molar-refractivity contribution in [3.8, 4) is 5.75 Å². The van der Waals surface area contributed by atoms with E-state index in [1.165, 1.54) is 0 Å². The molecule has 2 rings (SSSR count). The first kappa shape index (κ1) is 23.2. The minimum atomic E-state index is -1.04. The van der Waals surface area contributed by atoms with E-state index in [1.807, 2.05) is 37.3 Å². The molecule has 1 aliphatic rings. The lowest BCUT2D eigenvalue weighted by Crippen LogP contribution is -2.49. The Bertz CT molecular complexity index is 888. The van der Waals surface area contributed by atoms with Crippen LogP contribution in [0, 0.1) is 0 Å². The van der Waals surface area contributed by atoms with Gasteiger partial charge < -0.3 is 14.6 Å². The van der Waals surface area contributed by atoms with Crippen molar-refractivity contribution in [2.75, 3.05) is 5.33 Å². The lowest BCUT2D eigenvalue weighted by Gasteiger charge is -2.40. The molecule has 0 saturated carbocycles. The van der Waals surface area contributed by atoms with E-state index < -0.39 is 11.2 Å². The smallest absolute Gasteiger partial charge is 0.198 e. The number of ketones is 1. The Balaban J connectivity index is 2.59. The molecule has 0 fully saturated rings. The van der Waals surface area contributed by atoms with Gasteiger partial charge in [0.25, 0.3) is 0 Å². The van der Waals surface area contributed by atoms with E-state index in [0.717, 1.165) is 10.9 Å². The maximum Gasteiger partial charge on any atom is 0.198 e. The molecule has 0 spiro atoms. The zero-order chi connectivity index (χ0) is 21.8. The van der Waals surface area contributed by atoms with Gasteiger partial charge in [-0.1, -0.05) is 47.7 Å². The van der Waals surface area contributed by atoms with Gasteiger partial charge in [0.1, 0.15) is 28.5 Å². The van der Waals surface area contributed by atoms with Crippen molar-refractivity contribution in [2.45, 2.75) is 52.2 Å². The highest BCUT2D eigenvalue weighted by atomic mass is 79.9. The Morgan fingerprint density at radius 1 is 1.28 bits per heavy atom. The first-order chi connectivity index (χ1) is 13.6. The number of aryl methyl sites for hydroxylation is 1. The second-order valence-corrected chi connectivity index (χ2v) is 8.45. The van der Waals surface area contributed by atoms with Crippen molar-refractivity contribution in [2.24, 2.45) is 0 Å². The number of aliphatic hydroxyl groups excluding tert-OH is 1. The largest absolute Gasteiger partial charge is 0.508 e. The lowest BCUT2D eigenvalue weighted by atomic mass is 9.81. The zero-order valence-electron chi connectivity index (χ0n) is 17.7. The quantitative estimate of drug-likeness (QED) is 0.304. The summed E-state index contributed by atoms with van der Waals surface area (Å²) in [6.07, 6.45) is 7.94. The number of halogens is 1. The topological polar surface area (TPSA) is 55.8 Å². The summed E-state index contributed by atoms with van der Waals surface area (Å²) >= 11 is 3.33. The van der Waals surface area contributed by atoms with Crippen LogP contribution in [0.15, 0.2) is 60.6 Å². The summed E-state index contributed by atoms with van der Waals surface area (Å²) in [5.74, 6) is 0.828. The molecule has 0 saturated heterocycles. The summed E-state index contributed by atoms with van der Waals surface area (Å²) in [6.45, 7) is 12.8. The summed E-state index contributed by atoms with van der Waals surface area (Å²) in [5.41, 5.74) is -0.113. The standard InChI is InChI=1S/C24H29BrO4/c1-7-16-12-13-18(28-17(8-2)11-9-10-14-25)15-19(16)20-21(26)23(3,4)29-24(5,6)22(20)27/h8-13,15,26H,2,7,14H2,1,3-6H3/b10-9-,17-11+. The molecule has 5 heteroatoms. The number of carbonyl (C=O) groups is 1. The van der Waals surface area contributed by atoms with E-state index in [2.05, 4.69) is 22.5 Å². The molecule has 1 heterocycles. The molecular formula is C24H29BrO4. The van der Waals surface area contributed by atoms with Gasteiger partial charge in [-0.3, -0.25) is 4.79 Å². The number of benzene rings is 1.